The van der Waals surface area contributed by atoms with E-state index in [4.69, 9.17) is 0 Å². The number of amides is 1. The molecule has 26 heavy (non-hydrogen) atoms. The van der Waals surface area contributed by atoms with Gasteiger partial charge in [0.1, 0.15) is 12.4 Å². The summed E-state index contributed by atoms with van der Waals surface area (Å²) < 4.78 is 0. The largest absolute Gasteiger partial charge is 0.356 e. The van der Waals surface area contributed by atoms with Crippen molar-refractivity contribution in [1.29, 1.82) is 0 Å². The maximum absolute atomic E-state index is 11.8. The Morgan fingerprint density at radius 1 is 1.42 bits per heavy atom. The van der Waals surface area contributed by atoms with Gasteiger partial charge < -0.3 is 20.4 Å². The summed E-state index contributed by atoms with van der Waals surface area (Å²) in [5.41, 5.74) is 0. The standard InChI is InChI=1S/C18H30N6O.HI/c1-14(2)11-20-18(21-12-17(25)23(3)4)22-15-8-10-24(13-15)16-7-5-6-9-19-16;/h5-7,9,14-15H,8,10-13H2,1-4H3,(H2,20,21,22);1H. The Morgan fingerprint density at radius 3 is 2.81 bits per heavy atom. The van der Waals surface area contributed by atoms with Crippen LogP contribution in [0.1, 0.15) is 20.3 Å². The van der Waals surface area contributed by atoms with Crippen LogP contribution < -0.4 is 15.5 Å². The van der Waals surface area contributed by atoms with Crippen LogP contribution in [0.25, 0.3) is 0 Å². The molecule has 7 nitrogen and oxygen atoms in total. The fourth-order valence-electron chi connectivity index (χ4n) is 2.56. The zero-order valence-electron chi connectivity index (χ0n) is 16.1. The summed E-state index contributed by atoms with van der Waals surface area (Å²) in [6.45, 7) is 7.10. The van der Waals surface area contributed by atoms with Gasteiger partial charge in [-0.1, -0.05) is 19.9 Å². The van der Waals surface area contributed by atoms with Crippen LogP contribution in [0.4, 0.5) is 5.82 Å². The molecule has 1 atom stereocenters. The van der Waals surface area contributed by atoms with Gasteiger partial charge >= 0.3 is 0 Å². The van der Waals surface area contributed by atoms with Crippen LogP contribution in [0.2, 0.25) is 0 Å². The third-order valence-corrected chi connectivity index (χ3v) is 4.05. The molecular weight excluding hydrogens is 443 g/mol. The van der Waals surface area contributed by atoms with Gasteiger partial charge in [0.15, 0.2) is 5.96 Å². The second-order valence-corrected chi connectivity index (χ2v) is 6.99. The highest BCUT2D eigenvalue weighted by molar-refractivity contribution is 14.0. The van der Waals surface area contributed by atoms with Crippen molar-refractivity contribution in [1.82, 2.24) is 20.5 Å². The van der Waals surface area contributed by atoms with Crippen molar-refractivity contribution in [2.75, 3.05) is 45.2 Å². The summed E-state index contributed by atoms with van der Waals surface area (Å²) in [4.78, 5) is 24.5. The Balaban J connectivity index is 0.00000338. The predicted molar refractivity (Wildman–Crippen MR) is 117 cm³/mol. The van der Waals surface area contributed by atoms with Gasteiger partial charge in [-0.2, -0.15) is 0 Å². The van der Waals surface area contributed by atoms with E-state index in [2.05, 4.69) is 39.4 Å². The van der Waals surface area contributed by atoms with Gasteiger partial charge in [-0.25, -0.2) is 9.98 Å². The summed E-state index contributed by atoms with van der Waals surface area (Å²) >= 11 is 0. The average molecular weight is 474 g/mol. The molecule has 1 aromatic rings. The van der Waals surface area contributed by atoms with Gasteiger partial charge in [-0.05, 0) is 24.5 Å². The van der Waals surface area contributed by atoms with E-state index < -0.39 is 0 Å². The van der Waals surface area contributed by atoms with Crippen LogP contribution in [0.15, 0.2) is 29.4 Å². The quantitative estimate of drug-likeness (QED) is 0.372. The lowest BCUT2D eigenvalue weighted by molar-refractivity contribution is -0.127. The van der Waals surface area contributed by atoms with E-state index in [1.165, 1.54) is 0 Å². The highest BCUT2D eigenvalue weighted by atomic mass is 127. The summed E-state index contributed by atoms with van der Waals surface area (Å²) in [6.07, 6.45) is 2.83. The monoisotopic (exact) mass is 474 g/mol. The van der Waals surface area contributed by atoms with E-state index in [1.807, 2.05) is 24.4 Å². The molecule has 1 aliphatic heterocycles. The molecule has 8 heteroatoms. The average Bonchev–Trinajstić information content (AvgIpc) is 3.06. The van der Waals surface area contributed by atoms with Crippen LogP contribution in [-0.4, -0.2) is 68.1 Å². The zero-order chi connectivity index (χ0) is 18.2. The second-order valence-electron chi connectivity index (χ2n) is 6.99. The first-order chi connectivity index (χ1) is 12.0. The number of anilines is 1. The van der Waals surface area contributed by atoms with Gasteiger partial charge in [-0.15, -0.1) is 24.0 Å². The molecular formula is C18H31IN6O. The van der Waals surface area contributed by atoms with Gasteiger partial charge in [0.25, 0.3) is 0 Å². The van der Waals surface area contributed by atoms with Crippen molar-refractivity contribution >= 4 is 41.7 Å². The number of carbonyl (C=O) groups is 1. The fraction of sp³-hybridized carbons (Fsp3) is 0.611. The second kappa shape index (κ2) is 11.2. The Kier molecular flexibility index (Phi) is 9.68. The number of carbonyl (C=O) groups excluding carboxylic acids is 1. The molecule has 1 amide bonds. The molecule has 0 bridgehead atoms. The normalized spacial score (nSPS) is 17.0. The van der Waals surface area contributed by atoms with E-state index >= 15 is 0 Å². The van der Waals surface area contributed by atoms with Crippen molar-refractivity contribution in [2.24, 2.45) is 10.9 Å². The minimum Gasteiger partial charge on any atom is -0.356 e. The molecule has 0 radical (unpaired) electrons. The van der Waals surface area contributed by atoms with Crippen LogP contribution >= 0.6 is 24.0 Å². The van der Waals surface area contributed by atoms with Crippen LogP contribution in [0.5, 0.6) is 0 Å². The third kappa shape index (κ3) is 7.35. The highest BCUT2D eigenvalue weighted by Gasteiger charge is 2.24. The Hall–Kier alpha value is -1.58. The number of nitrogens with one attached hydrogen (secondary N) is 2. The van der Waals surface area contributed by atoms with Crippen molar-refractivity contribution in [2.45, 2.75) is 26.3 Å². The maximum atomic E-state index is 11.8. The molecule has 146 valence electrons. The first-order valence-electron chi connectivity index (χ1n) is 8.86. The topological polar surface area (TPSA) is 72.9 Å². The molecule has 2 rings (SSSR count). The molecule has 2 heterocycles. The summed E-state index contributed by atoms with van der Waals surface area (Å²) in [5, 5.41) is 6.79. The molecule has 1 aromatic heterocycles. The van der Waals surface area contributed by atoms with Gasteiger partial charge in [0, 0.05) is 46.0 Å². The Bertz CT molecular complexity index is 578. The van der Waals surface area contributed by atoms with Gasteiger partial charge in [0.2, 0.25) is 5.91 Å². The molecule has 0 saturated carbocycles. The number of hydrogen-bond acceptors (Lipinski definition) is 4. The molecule has 1 fully saturated rings. The first kappa shape index (κ1) is 22.5. The lowest BCUT2D eigenvalue weighted by atomic mass is 10.2. The van der Waals surface area contributed by atoms with Crippen molar-refractivity contribution in [3.8, 4) is 0 Å². The maximum Gasteiger partial charge on any atom is 0.243 e. The lowest BCUT2D eigenvalue weighted by Crippen LogP contribution is -2.46. The number of aliphatic imine (C=N–C) groups is 1. The third-order valence-electron chi connectivity index (χ3n) is 4.05. The Morgan fingerprint density at radius 2 is 2.19 bits per heavy atom. The number of halogens is 1. The minimum absolute atomic E-state index is 0. The van der Waals surface area contributed by atoms with Crippen molar-refractivity contribution < 1.29 is 4.79 Å². The summed E-state index contributed by atoms with van der Waals surface area (Å²) in [5.74, 6) is 2.21. The van der Waals surface area contributed by atoms with Crippen molar-refractivity contribution in [3.05, 3.63) is 24.4 Å². The number of hydrogen-bond donors (Lipinski definition) is 2. The van der Waals surface area contributed by atoms with Gasteiger partial charge in [0.05, 0.1) is 0 Å². The number of nitrogens with zero attached hydrogens (tertiary/aromatic N) is 4. The summed E-state index contributed by atoms with van der Waals surface area (Å²) in [7, 11) is 3.49. The lowest BCUT2D eigenvalue weighted by Gasteiger charge is -2.20. The molecule has 1 aliphatic rings. The number of rotatable bonds is 6. The number of guanidine groups is 1. The van der Waals surface area contributed by atoms with E-state index in [-0.39, 0.29) is 42.5 Å². The SMILES string of the molecule is CC(C)CNC(=NCC(=O)N(C)C)NC1CCN(c2ccccn2)C1.I. The Labute approximate surface area is 173 Å². The van der Waals surface area contributed by atoms with Crippen molar-refractivity contribution in [3.63, 3.8) is 0 Å². The molecule has 0 aromatic carbocycles. The van der Waals surface area contributed by atoms with E-state index in [0.29, 0.717) is 11.9 Å². The zero-order valence-corrected chi connectivity index (χ0v) is 18.4. The first-order valence-corrected chi connectivity index (χ1v) is 8.86. The number of aromatic nitrogens is 1. The van der Waals surface area contributed by atoms with Crippen LogP contribution in [0, 0.1) is 5.92 Å². The molecule has 2 N–H and O–H groups in total. The van der Waals surface area contributed by atoms with E-state index in [1.54, 1.807) is 19.0 Å². The van der Waals surface area contributed by atoms with E-state index in [9.17, 15) is 4.79 Å². The highest BCUT2D eigenvalue weighted by Crippen LogP contribution is 2.17. The molecule has 0 spiro atoms. The molecule has 0 aliphatic carbocycles. The van der Waals surface area contributed by atoms with Crippen LogP contribution in [-0.2, 0) is 4.79 Å². The van der Waals surface area contributed by atoms with Gasteiger partial charge in [-0.3, -0.25) is 4.79 Å². The smallest absolute Gasteiger partial charge is 0.243 e. The predicted octanol–water partition coefficient (Wildman–Crippen LogP) is 1.56. The summed E-state index contributed by atoms with van der Waals surface area (Å²) in [6, 6.07) is 6.25. The molecule has 1 unspecified atom stereocenters. The van der Waals surface area contributed by atoms with E-state index in [0.717, 1.165) is 31.9 Å². The fourth-order valence-corrected chi connectivity index (χ4v) is 2.56. The number of likely N-dealkylation sites (N-methyl/N-ethyl adjacent to an activating group) is 1. The molecule has 1 saturated heterocycles. The van der Waals surface area contributed by atoms with Crippen LogP contribution in [0.3, 0.4) is 0 Å². The number of pyridine rings is 1. The minimum atomic E-state index is -0.00724.